The van der Waals surface area contributed by atoms with E-state index in [1.807, 2.05) is 0 Å². The Hall–Kier alpha value is -0.570. The first-order valence-electron chi connectivity index (χ1n) is 6.76. The highest BCUT2D eigenvalue weighted by Gasteiger charge is 2.36. The van der Waals surface area contributed by atoms with Crippen molar-refractivity contribution in [1.82, 2.24) is 10.6 Å². The molecular weight excluding hydrogens is 200 g/mol. The zero-order chi connectivity index (χ0) is 11.4. The van der Waals surface area contributed by atoms with E-state index >= 15 is 0 Å². The van der Waals surface area contributed by atoms with Gasteiger partial charge in [-0.15, -0.1) is 0 Å². The molecule has 0 radical (unpaired) electrons. The smallest absolute Gasteiger partial charge is 0.220 e. The lowest BCUT2D eigenvalue weighted by atomic mass is 9.74. The van der Waals surface area contributed by atoms with Crippen molar-refractivity contribution < 1.29 is 4.79 Å². The predicted molar refractivity (Wildman–Crippen MR) is 65.2 cm³/mol. The van der Waals surface area contributed by atoms with Gasteiger partial charge in [0.2, 0.25) is 5.91 Å². The van der Waals surface area contributed by atoms with Gasteiger partial charge in [-0.2, -0.15) is 0 Å². The lowest BCUT2D eigenvalue weighted by Crippen LogP contribution is -2.53. The summed E-state index contributed by atoms with van der Waals surface area (Å²) in [6.07, 6.45) is 7.86. The summed E-state index contributed by atoms with van der Waals surface area (Å²) < 4.78 is 0. The molecule has 0 aromatic rings. The van der Waals surface area contributed by atoms with Crippen molar-refractivity contribution in [3.8, 4) is 0 Å². The number of amides is 1. The Morgan fingerprint density at radius 1 is 1.44 bits per heavy atom. The van der Waals surface area contributed by atoms with Gasteiger partial charge in [0.05, 0.1) is 0 Å². The standard InChI is InChI=1S/C13H24N2O/c1-2-13(6-4-7-13)15-12(16)9-11-5-3-8-14-10-11/h11,14H,2-10H2,1H3,(H,15,16). The average molecular weight is 224 g/mol. The Morgan fingerprint density at radius 2 is 2.25 bits per heavy atom. The largest absolute Gasteiger partial charge is 0.351 e. The molecule has 92 valence electrons. The highest BCUT2D eigenvalue weighted by Crippen LogP contribution is 2.34. The molecule has 1 atom stereocenters. The van der Waals surface area contributed by atoms with E-state index in [0.29, 0.717) is 5.92 Å². The van der Waals surface area contributed by atoms with E-state index in [-0.39, 0.29) is 11.4 Å². The van der Waals surface area contributed by atoms with Crippen LogP contribution in [0.15, 0.2) is 0 Å². The molecule has 2 rings (SSSR count). The monoisotopic (exact) mass is 224 g/mol. The number of carbonyl (C=O) groups is 1. The third-order valence-electron chi connectivity index (χ3n) is 4.27. The van der Waals surface area contributed by atoms with E-state index in [2.05, 4.69) is 17.6 Å². The van der Waals surface area contributed by atoms with Gasteiger partial charge in [-0.25, -0.2) is 0 Å². The van der Waals surface area contributed by atoms with Crippen LogP contribution in [0.2, 0.25) is 0 Å². The van der Waals surface area contributed by atoms with Crippen molar-refractivity contribution in [3.63, 3.8) is 0 Å². The van der Waals surface area contributed by atoms with E-state index in [0.717, 1.165) is 25.9 Å². The van der Waals surface area contributed by atoms with Crippen LogP contribution < -0.4 is 10.6 Å². The maximum absolute atomic E-state index is 11.9. The first kappa shape index (κ1) is 11.9. The van der Waals surface area contributed by atoms with Crippen LogP contribution in [-0.4, -0.2) is 24.5 Å². The van der Waals surface area contributed by atoms with E-state index < -0.39 is 0 Å². The van der Waals surface area contributed by atoms with E-state index in [4.69, 9.17) is 0 Å². The first-order valence-corrected chi connectivity index (χ1v) is 6.76. The minimum atomic E-state index is 0.166. The van der Waals surface area contributed by atoms with E-state index in [1.165, 1.54) is 32.1 Å². The Labute approximate surface area is 98.4 Å². The van der Waals surface area contributed by atoms with E-state index in [9.17, 15) is 4.79 Å². The Morgan fingerprint density at radius 3 is 2.75 bits per heavy atom. The molecule has 1 saturated heterocycles. The Kier molecular flexibility index (Phi) is 3.85. The summed E-state index contributed by atoms with van der Waals surface area (Å²) in [6.45, 7) is 4.32. The van der Waals surface area contributed by atoms with Crippen LogP contribution in [0.1, 0.15) is 51.9 Å². The molecule has 1 amide bonds. The second-order valence-electron chi connectivity index (χ2n) is 5.45. The van der Waals surface area contributed by atoms with Gasteiger partial charge in [0.1, 0.15) is 0 Å². The van der Waals surface area contributed by atoms with E-state index in [1.54, 1.807) is 0 Å². The zero-order valence-electron chi connectivity index (χ0n) is 10.3. The van der Waals surface area contributed by atoms with Crippen LogP contribution >= 0.6 is 0 Å². The first-order chi connectivity index (χ1) is 7.74. The second-order valence-corrected chi connectivity index (χ2v) is 5.45. The van der Waals surface area contributed by atoms with Crippen molar-refractivity contribution in [3.05, 3.63) is 0 Å². The molecule has 0 aromatic carbocycles. The molecule has 0 bridgehead atoms. The fourth-order valence-electron chi connectivity index (χ4n) is 2.88. The minimum absolute atomic E-state index is 0.166. The molecule has 16 heavy (non-hydrogen) atoms. The van der Waals surface area contributed by atoms with Crippen molar-refractivity contribution in [2.24, 2.45) is 5.92 Å². The molecular formula is C13H24N2O. The van der Waals surface area contributed by atoms with Gasteiger partial charge in [-0.1, -0.05) is 6.92 Å². The fourth-order valence-corrected chi connectivity index (χ4v) is 2.88. The highest BCUT2D eigenvalue weighted by atomic mass is 16.1. The van der Waals surface area contributed by atoms with Crippen LogP contribution in [0.4, 0.5) is 0 Å². The van der Waals surface area contributed by atoms with Gasteiger partial charge in [0.25, 0.3) is 0 Å². The van der Waals surface area contributed by atoms with Crippen molar-refractivity contribution in [1.29, 1.82) is 0 Å². The summed E-state index contributed by atoms with van der Waals surface area (Å²) in [5, 5.41) is 6.63. The zero-order valence-corrected chi connectivity index (χ0v) is 10.3. The maximum Gasteiger partial charge on any atom is 0.220 e. The third-order valence-corrected chi connectivity index (χ3v) is 4.27. The topological polar surface area (TPSA) is 41.1 Å². The molecule has 2 fully saturated rings. The van der Waals surface area contributed by atoms with Gasteiger partial charge < -0.3 is 10.6 Å². The normalized spacial score (nSPS) is 28.2. The van der Waals surface area contributed by atoms with Gasteiger partial charge in [-0.05, 0) is 57.5 Å². The Bertz CT molecular complexity index is 237. The predicted octanol–water partition coefficient (Wildman–Crippen LogP) is 1.82. The quantitative estimate of drug-likeness (QED) is 0.765. The summed E-state index contributed by atoms with van der Waals surface area (Å²) in [5.74, 6) is 0.831. The number of hydrogen-bond acceptors (Lipinski definition) is 2. The summed E-state index contributed by atoms with van der Waals surface area (Å²) in [4.78, 5) is 11.9. The number of piperidine rings is 1. The maximum atomic E-state index is 11.9. The minimum Gasteiger partial charge on any atom is -0.351 e. The van der Waals surface area contributed by atoms with Crippen molar-refractivity contribution >= 4 is 5.91 Å². The number of nitrogens with one attached hydrogen (secondary N) is 2. The molecule has 0 aromatic heterocycles. The van der Waals surface area contributed by atoms with Crippen LogP contribution in [0.25, 0.3) is 0 Å². The van der Waals surface area contributed by atoms with Crippen LogP contribution in [0.3, 0.4) is 0 Å². The Balaban J connectivity index is 1.74. The molecule has 3 nitrogen and oxygen atoms in total. The van der Waals surface area contributed by atoms with Gasteiger partial charge >= 0.3 is 0 Å². The summed E-state index contributed by atoms with van der Waals surface area (Å²) in [7, 11) is 0. The SMILES string of the molecule is CCC1(NC(=O)CC2CCCNC2)CCC1. The molecule has 1 heterocycles. The summed E-state index contributed by atoms with van der Waals surface area (Å²) >= 11 is 0. The molecule has 1 aliphatic heterocycles. The molecule has 1 aliphatic carbocycles. The van der Waals surface area contributed by atoms with Gasteiger partial charge in [0.15, 0.2) is 0 Å². The molecule has 0 spiro atoms. The third kappa shape index (κ3) is 2.76. The van der Waals surface area contributed by atoms with Gasteiger partial charge in [0, 0.05) is 12.0 Å². The molecule has 2 aliphatic rings. The summed E-state index contributed by atoms with van der Waals surface area (Å²) in [5.41, 5.74) is 0.166. The molecule has 1 saturated carbocycles. The number of rotatable bonds is 4. The number of carbonyl (C=O) groups excluding carboxylic acids is 1. The average Bonchev–Trinajstić information content (AvgIpc) is 2.25. The second kappa shape index (κ2) is 5.17. The molecule has 2 N–H and O–H groups in total. The lowest BCUT2D eigenvalue weighted by Gasteiger charge is -2.42. The van der Waals surface area contributed by atoms with Crippen LogP contribution in [0.5, 0.6) is 0 Å². The highest BCUT2D eigenvalue weighted by molar-refractivity contribution is 5.77. The van der Waals surface area contributed by atoms with Crippen molar-refractivity contribution in [2.45, 2.75) is 57.4 Å². The van der Waals surface area contributed by atoms with Crippen molar-refractivity contribution in [2.75, 3.05) is 13.1 Å². The molecule has 1 unspecified atom stereocenters. The van der Waals surface area contributed by atoms with Crippen LogP contribution in [-0.2, 0) is 4.79 Å². The number of hydrogen-bond donors (Lipinski definition) is 2. The summed E-state index contributed by atoms with van der Waals surface area (Å²) in [6, 6.07) is 0. The molecule has 3 heteroatoms. The fraction of sp³-hybridized carbons (Fsp3) is 0.923. The van der Waals surface area contributed by atoms with Gasteiger partial charge in [-0.3, -0.25) is 4.79 Å². The van der Waals surface area contributed by atoms with Crippen LogP contribution in [0, 0.1) is 5.92 Å². The lowest BCUT2D eigenvalue weighted by molar-refractivity contribution is -0.125.